The highest BCUT2D eigenvalue weighted by Crippen LogP contribution is 2.23. The first kappa shape index (κ1) is 13.5. The van der Waals surface area contributed by atoms with Crippen molar-refractivity contribution < 1.29 is 0 Å². The number of nitrogens with one attached hydrogen (secondary N) is 2. The predicted octanol–water partition coefficient (Wildman–Crippen LogP) is 2.97. The van der Waals surface area contributed by atoms with E-state index in [9.17, 15) is 0 Å². The summed E-state index contributed by atoms with van der Waals surface area (Å²) in [6, 6.07) is 10.1. The summed E-state index contributed by atoms with van der Waals surface area (Å²) in [7, 11) is 1.94. The largest absolute Gasteiger partial charge is 0.381 e. The summed E-state index contributed by atoms with van der Waals surface area (Å²) in [5.41, 5.74) is 5.29. The zero-order chi connectivity index (χ0) is 15.6. The van der Waals surface area contributed by atoms with E-state index in [0.29, 0.717) is 6.54 Å². The second kappa shape index (κ2) is 5.57. The lowest BCUT2D eigenvalue weighted by Gasteiger charge is -2.07. The summed E-state index contributed by atoms with van der Waals surface area (Å²) in [4.78, 5) is 4.07. The van der Waals surface area contributed by atoms with Gasteiger partial charge in [0.2, 0.25) is 0 Å². The Kier molecular flexibility index (Phi) is 3.27. The Bertz CT molecular complexity index is 938. The van der Waals surface area contributed by atoms with Crippen LogP contribution in [0, 0.1) is 0 Å². The van der Waals surface area contributed by atoms with Crippen LogP contribution in [-0.4, -0.2) is 25.0 Å². The number of aryl methyl sites for hydroxylation is 1. The molecule has 0 aliphatic heterocycles. The Balaban J connectivity index is 1.59. The van der Waals surface area contributed by atoms with Gasteiger partial charge in [-0.15, -0.1) is 0 Å². The molecule has 3 aromatic heterocycles. The third kappa shape index (κ3) is 2.66. The quantitative estimate of drug-likeness (QED) is 0.608. The molecule has 0 atom stereocenters. The molecule has 0 radical (unpaired) electrons. The maximum Gasteiger partial charge on any atom is 0.0973 e. The lowest BCUT2D eigenvalue weighted by Crippen LogP contribution is -1.99. The van der Waals surface area contributed by atoms with E-state index in [2.05, 4.69) is 31.7 Å². The van der Waals surface area contributed by atoms with Crippen molar-refractivity contribution in [1.29, 1.82) is 0 Å². The molecule has 0 fully saturated rings. The molecule has 114 valence electrons. The first-order chi connectivity index (χ1) is 11.3. The van der Waals surface area contributed by atoms with E-state index in [-0.39, 0.29) is 0 Å². The van der Waals surface area contributed by atoms with Crippen LogP contribution in [0.5, 0.6) is 0 Å². The van der Waals surface area contributed by atoms with Crippen LogP contribution in [-0.2, 0) is 13.6 Å². The fourth-order valence-electron chi connectivity index (χ4n) is 2.67. The average molecular weight is 304 g/mol. The van der Waals surface area contributed by atoms with Crippen LogP contribution in [0.1, 0.15) is 5.56 Å². The van der Waals surface area contributed by atoms with Crippen LogP contribution in [0.4, 0.5) is 5.69 Å². The molecule has 0 aliphatic rings. The molecular weight excluding hydrogens is 288 g/mol. The molecule has 0 aliphatic carbocycles. The number of hydrogen-bond donors (Lipinski definition) is 2. The average Bonchev–Trinajstić information content (AvgIpc) is 3.19. The van der Waals surface area contributed by atoms with Crippen LogP contribution < -0.4 is 5.32 Å². The molecular formula is C17H16N6. The standard InChI is InChI=1S/C17H16N6/c1-23-11-14(17(22-23)12-4-6-18-7-5-12)9-19-15-2-3-16-13(8-15)10-20-21-16/h2-8,10-11,19H,9H2,1H3,(H,20,21). The van der Waals surface area contributed by atoms with Crippen LogP contribution in [0.15, 0.2) is 55.1 Å². The second-order valence-electron chi connectivity index (χ2n) is 5.44. The van der Waals surface area contributed by atoms with E-state index in [4.69, 9.17) is 0 Å². The third-order valence-corrected chi connectivity index (χ3v) is 3.78. The monoisotopic (exact) mass is 304 g/mol. The first-order valence-corrected chi connectivity index (χ1v) is 7.39. The van der Waals surface area contributed by atoms with Crippen molar-refractivity contribution in [3.63, 3.8) is 0 Å². The van der Waals surface area contributed by atoms with E-state index in [1.807, 2.05) is 48.4 Å². The third-order valence-electron chi connectivity index (χ3n) is 3.78. The zero-order valence-electron chi connectivity index (χ0n) is 12.7. The molecule has 2 N–H and O–H groups in total. The molecule has 0 unspecified atom stereocenters. The second-order valence-corrected chi connectivity index (χ2v) is 5.44. The van der Waals surface area contributed by atoms with E-state index in [0.717, 1.165) is 33.4 Å². The summed E-state index contributed by atoms with van der Waals surface area (Å²) in [5, 5.41) is 16.1. The highest BCUT2D eigenvalue weighted by atomic mass is 15.3. The van der Waals surface area contributed by atoms with E-state index in [1.165, 1.54) is 0 Å². The minimum absolute atomic E-state index is 0.703. The van der Waals surface area contributed by atoms with Crippen LogP contribution in [0.3, 0.4) is 0 Å². The number of rotatable bonds is 4. The molecule has 0 spiro atoms. The van der Waals surface area contributed by atoms with Crippen molar-refractivity contribution >= 4 is 16.6 Å². The van der Waals surface area contributed by atoms with Crippen molar-refractivity contribution in [2.45, 2.75) is 6.54 Å². The molecule has 4 rings (SSSR count). The number of anilines is 1. The van der Waals surface area contributed by atoms with Crippen molar-refractivity contribution in [3.05, 3.63) is 60.7 Å². The molecule has 4 aromatic rings. The number of H-pyrrole nitrogens is 1. The lowest BCUT2D eigenvalue weighted by molar-refractivity contribution is 0.770. The predicted molar refractivity (Wildman–Crippen MR) is 89.9 cm³/mol. The highest BCUT2D eigenvalue weighted by Gasteiger charge is 2.10. The van der Waals surface area contributed by atoms with Crippen molar-refractivity contribution in [3.8, 4) is 11.3 Å². The molecule has 1 aromatic carbocycles. The Hall–Kier alpha value is -3.15. The Morgan fingerprint density at radius 1 is 1.17 bits per heavy atom. The maximum atomic E-state index is 4.57. The van der Waals surface area contributed by atoms with Gasteiger partial charge in [0.1, 0.15) is 0 Å². The highest BCUT2D eigenvalue weighted by molar-refractivity contribution is 5.81. The van der Waals surface area contributed by atoms with Gasteiger partial charge in [0, 0.05) is 54.4 Å². The van der Waals surface area contributed by atoms with E-state index < -0.39 is 0 Å². The molecule has 0 saturated heterocycles. The topological polar surface area (TPSA) is 71.4 Å². The molecule has 0 saturated carbocycles. The normalized spacial score (nSPS) is 11.0. The van der Waals surface area contributed by atoms with Crippen LogP contribution in [0.25, 0.3) is 22.2 Å². The smallest absolute Gasteiger partial charge is 0.0973 e. The van der Waals surface area contributed by atoms with Crippen LogP contribution >= 0.6 is 0 Å². The molecule has 6 heteroatoms. The van der Waals surface area contributed by atoms with E-state index in [1.54, 1.807) is 12.4 Å². The number of nitrogens with zero attached hydrogens (tertiary/aromatic N) is 4. The van der Waals surface area contributed by atoms with Gasteiger partial charge in [0.25, 0.3) is 0 Å². The zero-order valence-corrected chi connectivity index (χ0v) is 12.7. The number of aromatic amines is 1. The van der Waals surface area contributed by atoms with Gasteiger partial charge in [-0.2, -0.15) is 10.2 Å². The first-order valence-electron chi connectivity index (χ1n) is 7.39. The SMILES string of the molecule is Cn1cc(CNc2ccc3[nH]ncc3c2)c(-c2ccncc2)n1. The minimum Gasteiger partial charge on any atom is -0.381 e. The van der Waals surface area contributed by atoms with Gasteiger partial charge in [-0.1, -0.05) is 0 Å². The number of benzene rings is 1. The Labute approximate surface area is 133 Å². The van der Waals surface area contributed by atoms with Gasteiger partial charge in [0.05, 0.1) is 17.4 Å². The molecule has 0 amide bonds. The van der Waals surface area contributed by atoms with Gasteiger partial charge < -0.3 is 5.32 Å². The summed E-state index contributed by atoms with van der Waals surface area (Å²) in [6.07, 6.45) is 7.44. The maximum absolute atomic E-state index is 4.57. The van der Waals surface area contributed by atoms with Crippen molar-refractivity contribution in [2.75, 3.05) is 5.32 Å². The molecule has 6 nitrogen and oxygen atoms in total. The summed E-state index contributed by atoms with van der Waals surface area (Å²) in [6.45, 7) is 0.703. The van der Waals surface area contributed by atoms with E-state index >= 15 is 0 Å². The lowest BCUT2D eigenvalue weighted by atomic mass is 10.1. The minimum atomic E-state index is 0.703. The Morgan fingerprint density at radius 2 is 2.04 bits per heavy atom. The number of pyridine rings is 1. The van der Waals surface area contributed by atoms with Gasteiger partial charge in [-0.3, -0.25) is 14.8 Å². The molecule has 3 heterocycles. The number of hydrogen-bond acceptors (Lipinski definition) is 4. The number of aromatic nitrogens is 5. The summed E-state index contributed by atoms with van der Waals surface area (Å²) < 4.78 is 1.84. The van der Waals surface area contributed by atoms with Crippen molar-refractivity contribution in [1.82, 2.24) is 25.0 Å². The molecule has 23 heavy (non-hydrogen) atoms. The summed E-state index contributed by atoms with van der Waals surface area (Å²) in [5.74, 6) is 0. The Morgan fingerprint density at radius 3 is 2.91 bits per heavy atom. The van der Waals surface area contributed by atoms with Crippen molar-refractivity contribution in [2.24, 2.45) is 7.05 Å². The van der Waals surface area contributed by atoms with Gasteiger partial charge in [-0.25, -0.2) is 0 Å². The fraction of sp³-hybridized carbons (Fsp3) is 0.118. The van der Waals surface area contributed by atoms with Gasteiger partial charge >= 0.3 is 0 Å². The van der Waals surface area contributed by atoms with Gasteiger partial charge in [0.15, 0.2) is 0 Å². The van der Waals surface area contributed by atoms with Gasteiger partial charge in [-0.05, 0) is 30.3 Å². The fourth-order valence-corrected chi connectivity index (χ4v) is 2.67. The molecule has 0 bridgehead atoms. The summed E-state index contributed by atoms with van der Waals surface area (Å²) >= 11 is 0. The number of fused-ring (bicyclic) bond motifs is 1. The van der Waals surface area contributed by atoms with Crippen LogP contribution in [0.2, 0.25) is 0 Å².